The maximum absolute atomic E-state index is 13.1. The van der Waals surface area contributed by atoms with Crippen LogP contribution in [-0.2, 0) is 11.2 Å². The predicted octanol–water partition coefficient (Wildman–Crippen LogP) is 0.191. The predicted molar refractivity (Wildman–Crippen MR) is 49.0 cm³/mol. The lowest BCUT2D eigenvalue weighted by Gasteiger charge is -2.08. The van der Waals surface area contributed by atoms with Gasteiger partial charge < -0.3 is 21.1 Å². The van der Waals surface area contributed by atoms with Gasteiger partial charge >= 0.3 is 5.97 Å². The van der Waals surface area contributed by atoms with Crippen LogP contribution < -0.4 is 5.73 Å². The van der Waals surface area contributed by atoms with Gasteiger partial charge in [0, 0.05) is 12.5 Å². The molecule has 1 rings (SSSR count). The Morgan fingerprint density at radius 1 is 1.40 bits per heavy atom. The van der Waals surface area contributed by atoms with Gasteiger partial charge in [0.05, 0.1) is 0 Å². The van der Waals surface area contributed by atoms with E-state index in [1.54, 1.807) is 0 Å². The zero-order valence-corrected chi connectivity index (χ0v) is 7.64. The number of phenols is 2. The molecule has 15 heavy (non-hydrogen) atoms. The fourth-order valence-electron chi connectivity index (χ4n) is 1.08. The summed E-state index contributed by atoms with van der Waals surface area (Å²) in [6.45, 7) is 0. The minimum absolute atomic E-state index is 0.0554. The van der Waals surface area contributed by atoms with Crippen LogP contribution in [0.1, 0.15) is 5.56 Å². The van der Waals surface area contributed by atoms with E-state index in [0.29, 0.717) is 6.07 Å². The molecule has 0 fully saturated rings. The highest BCUT2D eigenvalue weighted by Gasteiger charge is 2.16. The molecular formula is C9H10FNO4. The van der Waals surface area contributed by atoms with Gasteiger partial charge in [-0.05, 0) is 11.6 Å². The van der Waals surface area contributed by atoms with Crippen LogP contribution in [0.25, 0.3) is 0 Å². The van der Waals surface area contributed by atoms with Gasteiger partial charge in [0.2, 0.25) is 0 Å². The summed E-state index contributed by atoms with van der Waals surface area (Å²) >= 11 is 0. The van der Waals surface area contributed by atoms with Gasteiger partial charge in [0.1, 0.15) is 11.9 Å². The quantitative estimate of drug-likeness (QED) is 0.538. The first kappa shape index (κ1) is 11.3. The summed E-state index contributed by atoms with van der Waals surface area (Å²) < 4.78 is 13.1. The first-order valence-electron chi connectivity index (χ1n) is 4.10. The highest BCUT2D eigenvalue weighted by molar-refractivity contribution is 5.73. The van der Waals surface area contributed by atoms with Crippen LogP contribution in [0.4, 0.5) is 4.39 Å². The molecule has 0 saturated heterocycles. The van der Waals surface area contributed by atoms with Crippen LogP contribution in [0, 0.1) is 5.82 Å². The Balaban J connectivity index is 2.95. The van der Waals surface area contributed by atoms with Gasteiger partial charge in [0.15, 0.2) is 11.5 Å². The number of carboxylic acids is 1. The van der Waals surface area contributed by atoms with E-state index in [-0.39, 0.29) is 12.0 Å². The number of carbonyl (C=O) groups is 1. The van der Waals surface area contributed by atoms with Crippen molar-refractivity contribution < 1.29 is 24.5 Å². The van der Waals surface area contributed by atoms with Gasteiger partial charge in [0.25, 0.3) is 0 Å². The average molecular weight is 214 g/mol. The highest BCUT2D eigenvalue weighted by atomic mass is 18.2. The summed E-state index contributed by atoms with van der Waals surface area (Å²) in [6, 6.07) is 0.413. The van der Waals surface area contributed by atoms with Gasteiger partial charge in [-0.3, -0.25) is 4.79 Å². The molecule has 0 aliphatic rings. The van der Waals surface area contributed by atoms with Gasteiger partial charge in [-0.1, -0.05) is 0 Å². The number of halogens is 1. The summed E-state index contributed by atoms with van der Waals surface area (Å²) in [7, 11) is 0. The number of carboxylic acid groups (broad SMARTS) is 1. The van der Waals surface area contributed by atoms with Crippen LogP contribution in [0.3, 0.4) is 0 Å². The van der Waals surface area contributed by atoms with E-state index in [4.69, 9.17) is 21.1 Å². The van der Waals surface area contributed by atoms with Crippen molar-refractivity contribution in [2.45, 2.75) is 12.5 Å². The molecule has 1 atom stereocenters. The van der Waals surface area contributed by atoms with E-state index >= 15 is 0 Å². The largest absolute Gasteiger partial charge is 0.504 e. The van der Waals surface area contributed by atoms with E-state index < -0.39 is 29.3 Å². The highest BCUT2D eigenvalue weighted by Crippen LogP contribution is 2.27. The zero-order chi connectivity index (χ0) is 11.6. The summed E-state index contributed by atoms with van der Waals surface area (Å²) in [5.74, 6) is -3.17. The number of rotatable bonds is 3. The average Bonchev–Trinajstić information content (AvgIpc) is 2.13. The van der Waals surface area contributed by atoms with Crippen molar-refractivity contribution in [3.05, 3.63) is 23.5 Å². The Kier molecular flexibility index (Phi) is 3.11. The second-order valence-corrected chi connectivity index (χ2v) is 3.08. The van der Waals surface area contributed by atoms with E-state index in [1.165, 1.54) is 0 Å². The molecule has 0 aliphatic carbocycles. The van der Waals surface area contributed by atoms with Crippen LogP contribution in [0.5, 0.6) is 11.5 Å². The Labute approximate surface area is 84.6 Å². The summed E-state index contributed by atoms with van der Waals surface area (Å²) in [6.07, 6.45) is -0.255. The lowest BCUT2D eigenvalue weighted by molar-refractivity contribution is -0.138. The van der Waals surface area contributed by atoms with Gasteiger partial charge in [-0.25, -0.2) is 4.39 Å². The van der Waals surface area contributed by atoms with E-state index in [1.807, 2.05) is 0 Å². The molecule has 0 saturated carbocycles. The molecule has 0 unspecified atom stereocenters. The van der Waals surface area contributed by atoms with Crippen LogP contribution in [0.2, 0.25) is 0 Å². The summed E-state index contributed by atoms with van der Waals surface area (Å²) in [5.41, 5.74) is 5.14. The SMILES string of the molecule is N[C@H](Cc1cc(O)c(O)cc1[18F])C(=O)O. The molecular weight excluding hydrogens is 204 g/mol. The second-order valence-electron chi connectivity index (χ2n) is 3.08. The molecule has 82 valence electrons. The number of hydrogen-bond acceptors (Lipinski definition) is 4. The van der Waals surface area contributed by atoms with Crippen molar-refractivity contribution in [2.75, 3.05) is 0 Å². The van der Waals surface area contributed by atoms with Crippen molar-refractivity contribution in [1.29, 1.82) is 0 Å². The Morgan fingerprint density at radius 2 is 1.93 bits per heavy atom. The fraction of sp³-hybridized carbons (Fsp3) is 0.222. The van der Waals surface area contributed by atoms with Crippen molar-refractivity contribution in [3.63, 3.8) is 0 Å². The zero-order valence-electron chi connectivity index (χ0n) is 7.64. The van der Waals surface area contributed by atoms with Crippen molar-refractivity contribution in [1.82, 2.24) is 0 Å². The maximum Gasteiger partial charge on any atom is 0.320 e. The van der Waals surface area contributed by atoms with Crippen molar-refractivity contribution in [3.8, 4) is 11.5 Å². The third-order valence-electron chi connectivity index (χ3n) is 1.90. The first-order chi connectivity index (χ1) is 6.91. The molecule has 1 aromatic carbocycles. The lowest BCUT2D eigenvalue weighted by atomic mass is 10.1. The number of phenolic OH excluding ortho intramolecular Hbond substituents is 2. The minimum Gasteiger partial charge on any atom is -0.504 e. The van der Waals surface area contributed by atoms with Gasteiger partial charge in [-0.2, -0.15) is 0 Å². The maximum atomic E-state index is 13.1. The van der Waals surface area contributed by atoms with Crippen LogP contribution >= 0.6 is 0 Å². The molecule has 0 heterocycles. The van der Waals surface area contributed by atoms with E-state index in [0.717, 1.165) is 6.07 Å². The lowest BCUT2D eigenvalue weighted by Crippen LogP contribution is -2.32. The third kappa shape index (κ3) is 2.57. The number of benzene rings is 1. The fourth-order valence-corrected chi connectivity index (χ4v) is 1.08. The molecule has 6 heteroatoms. The Morgan fingerprint density at radius 3 is 2.47 bits per heavy atom. The number of nitrogens with two attached hydrogens (primary N) is 1. The topological polar surface area (TPSA) is 104 Å². The van der Waals surface area contributed by atoms with Gasteiger partial charge in [-0.15, -0.1) is 0 Å². The standard InChI is InChI=1S/C9H10FNO4/c10-5-3-8(13)7(12)2-4(5)1-6(11)9(14)15/h2-3,6,12-13H,1,11H2,(H,14,15)/t6-/m1/s1/i10-1. The molecule has 0 aromatic heterocycles. The molecule has 0 aliphatic heterocycles. The minimum atomic E-state index is -1.26. The van der Waals surface area contributed by atoms with E-state index in [2.05, 4.69) is 0 Å². The number of aliphatic carboxylic acids is 1. The molecule has 0 bridgehead atoms. The Bertz CT molecular complexity index is 394. The molecule has 5 N–H and O–H groups in total. The monoisotopic (exact) mass is 214 g/mol. The third-order valence-corrected chi connectivity index (χ3v) is 1.90. The van der Waals surface area contributed by atoms with Crippen molar-refractivity contribution >= 4 is 5.97 Å². The van der Waals surface area contributed by atoms with Crippen molar-refractivity contribution in [2.24, 2.45) is 5.73 Å². The first-order valence-corrected chi connectivity index (χ1v) is 4.10. The summed E-state index contributed by atoms with van der Waals surface area (Å²) in [4.78, 5) is 10.4. The normalized spacial score (nSPS) is 12.4. The summed E-state index contributed by atoms with van der Waals surface area (Å²) in [5, 5.41) is 26.5. The van der Waals surface area contributed by atoms with Crippen LogP contribution in [0.15, 0.2) is 12.1 Å². The molecule has 1 aromatic rings. The van der Waals surface area contributed by atoms with Crippen LogP contribution in [-0.4, -0.2) is 27.3 Å². The molecule has 5 nitrogen and oxygen atoms in total. The molecule has 0 amide bonds. The smallest absolute Gasteiger partial charge is 0.320 e. The number of hydrogen-bond donors (Lipinski definition) is 4. The Hall–Kier alpha value is -1.82. The number of aromatic hydroxyl groups is 2. The molecule has 0 radical (unpaired) electrons. The van der Waals surface area contributed by atoms with E-state index in [9.17, 15) is 9.18 Å². The second kappa shape index (κ2) is 4.14. The molecule has 0 spiro atoms.